The summed E-state index contributed by atoms with van der Waals surface area (Å²) in [5, 5.41) is 25.8. The normalized spacial score (nSPS) is 13.0. The smallest absolute Gasteiger partial charge is 0.337 e. The third kappa shape index (κ3) is 9.97. The van der Waals surface area contributed by atoms with E-state index in [0.29, 0.717) is 12.1 Å². The van der Waals surface area contributed by atoms with Crippen molar-refractivity contribution in [2.75, 3.05) is 13.2 Å². The fraction of sp³-hybridized carbons (Fsp3) is 0.533. The third-order valence-electron chi connectivity index (χ3n) is 2.86. The van der Waals surface area contributed by atoms with Gasteiger partial charge in [-0.1, -0.05) is 30.3 Å². The molecule has 120 valence electrons. The van der Waals surface area contributed by atoms with Crippen LogP contribution in [0.1, 0.15) is 37.4 Å². The van der Waals surface area contributed by atoms with E-state index in [1.165, 1.54) is 0 Å². The first-order valence-corrected chi connectivity index (χ1v) is 7.05. The van der Waals surface area contributed by atoms with Crippen molar-refractivity contribution in [2.24, 2.45) is 11.5 Å². The van der Waals surface area contributed by atoms with Gasteiger partial charge in [0, 0.05) is 12.6 Å². The fourth-order valence-corrected chi connectivity index (χ4v) is 1.66. The predicted octanol–water partition coefficient (Wildman–Crippen LogP) is 0.630. The van der Waals surface area contributed by atoms with E-state index in [0.717, 1.165) is 25.7 Å². The number of benzene rings is 1. The molecule has 7 N–H and O–H groups in total. The van der Waals surface area contributed by atoms with Crippen molar-refractivity contribution < 1.29 is 20.1 Å². The zero-order valence-electron chi connectivity index (χ0n) is 12.2. The average molecular weight is 298 g/mol. The van der Waals surface area contributed by atoms with Gasteiger partial charge in [-0.15, -0.1) is 0 Å². The second-order valence-corrected chi connectivity index (χ2v) is 4.71. The molecule has 2 atom stereocenters. The van der Waals surface area contributed by atoms with Gasteiger partial charge in [0.2, 0.25) is 0 Å². The van der Waals surface area contributed by atoms with Crippen molar-refractivity contribution in [3.8, 4) is 0 Å². The zero-order chi connectivity index (χ0) is 16.1. The zero-order valence-corrected chi connectivity index (χ0v) is 12.2. The second kappa shape index (κ2) is 12.3. The molecule has 0 aliphatic rings. The van der Waals surface area contributed by atoms with Crippen LogP contribution in [0, 0.1) is 0 Å². The largest absolute Gasteiger partial charge is 0.479 e. The Morgan fingerprint density at radius 2 is 1.71 bits per heavy atom. The molecule has 6 nitrogen and oxygen atoms in total. The number of carboxylic acid groups (broad SMARTS) is 1. The summed E-state index contributed by atoms with van der Waals surface area (Å²) in [7, 11) is 0. The topological polar surface area (TPSA) is 130 Å². The van der Waals surface area contributed by atoms with Crippen molar-refractivity contribution in [1.29, 1.82) is 0 Å². The Hall–Kier alpha value is -1.47. The maximum atomic E-state index is 10.2. The number of rotatable bonds is 8. The van der Waals surface area contributed by atoms with Gasteiger partial charge >= 0.3 is 5.97 Å². The van der Waals surface area contributed by atoms with Gasteiger partial charge < -0.3 is 26.8 Å². The first-order chi connectivity index (χ1) is 10.0. The lowest BCUT2D eigenvalue weighted by Gasteiger charge is -2.08. The number of aliphatic hydroxyl groups is 2. The van der Waals surface area contributed by atoms with Crippen LogP contribution in [0.15, 0.2) is 30.3 Å². The number of carboxylic acids is 1. The molecule has 0 aliphatic heterocycles. The molecule has 0 bridgehead atoms. The van der Waals surface area contributed by atoms with Crippen LogP contribution in [0.2, 0.25) is 0 Å². The molecular formula is C15H26N2O4. The standard InChI is InChI=1S/C8H8O3.C7H18N2O/c9-7(8(10)11)6-4-2-1-3-5-6;8-5-1-3-7(9)4-2-6-10/h1-5,7,9H,(H,10,11);7,10H,1-6,8-9H2. The first-order valence-electron chi connectivity index (χ1n) is 7.05. The highest BCUT2D eigenvalue weighted by atomic mass is 16.4. The van der Waals surface area contributed by atoms with Crippen molar-refractivity contribution in [1.82, 2.24) is 0 Å². The van der Waals surface area contributed by atoms with Crippen LogP contribution in [0.25, 0.3) is 0 Å². The van der Waals surface area contributed by atoms with E-state index in [1.807, 2.05) is 0 Å². The lowest BCUT2D eigenvalue weighted by Crippen LogP contribution is -2.21. The van der Waals surface area contributed by atoms with E-state index in [4.69, 9.17) is 26.8 Å². The van der Waals surface area contributed by atoms with Crippen LogP contribution in [0.5, 0.6) is 0 Å². The Morgan fingerprint density at radius 3 is 2.19 bits per heavy atom. The van der Waals surface area contributed by atoms with E-state index < -0.39 is 12.1 Å². The summed E-state index contributed by atoms with van der Waals surface area (Å²) in [6.07, 6.45) is 2.29. The molecule has 0 spiro atoms. The second-order valence-electron chi connectivity index (χ2n) is 4.71. The number of hydrogen-bond donors (Lipinski definition) is 5. The molecular weight excluding hydrogens is 272 g/mol. The molecule has 0 radical (unpaired) electrons. The lowest BCUT2D eigenvalue weighted by atomic mass is 10.1. The van der Waals surface area contributed by atoms with Crippen molar-refractivity contribution in [3.63, 3.8) is 0 Å². The van der Waals surface area contributed by atoms with E-state index >= 15 is 0 Å². The summed E-state index contributed by atoms with van der Waals surface area (Å²) >= 11 is 0. The van der Waals surface area contributed by atoms with Gasteiger partial charge in [0.05, 0.1) is 0 Å². The van der Waals surface area contributed by atoms with Gasteiger partial charge in [-0.05, 0) is 37.8 Å². The highest BCUT2D eigenvalue weighted by molar-refractivity contribution is 5.73. The van der Waals surface area contributed by atoms with Crippen LogP contribution in [0.4, 0.5) is 0 Å². The maximum absolute atomic E-state index is 10.2. The van der Waals surface area contributed by atoms with Gasteiger partial charge in [-0.2, -0.15) is 0 Å². The minimum Gasteiger partial charge on any atom is -0.479 e. The van der Waals surface area contributed by atoms with Crippen LogP contribution in [-0.4, -0.2) is 40.5 Å². The summed E-state index contributed by atoms with van der Waals surface area (Å²) < 4.78 is 0. The summed E-state index contributed by atoms with van der Waals surface area (Å²) in [4.78, 5) is 10.2. The molecule has 0 aliphatic carbocycles. The third-order valence-corrected chi connectivity index (χ3v) is 2.86. The minimum atomic E-state index is -1.41. The molecule has 21 heavy (non-hydrogen) atoms. The minimum absolute atomic E-state index is 0.232. The van der Waals surface area contributed by atoms with E-state index in [1.54, 1.807) is 30.3 Å². The SMILES string of the molecule is NCCCC(N)CCCO.O=C(O)C(O)c1ccccc1. The number of hydrogen-bond acceptors (Lipinski definition) is 5. The van der Waals surface area contributed by atoms with Crippen LogP contribution < -0.4 is 11.5 Å². The fourth-order valence-electron chi connectivity index (χ4n) is 1.66. The van der Waals surface area contributed by atoms with Crippen molar-refractivity contribution in [3.05, 3.63) is 35.9 Å². The van der Waals surface area contributed by atoms with Gasteiger partial charge in [0.15, 0.2) is 6.10 Å². The molecule has 1 aromatic carbocycles. The van der Waals surface area contributed by atoms with Crippen LogP contribution in [0.3, 0.4) is 0 Å². The maximum Gasteiger partial charge on any atom is 0.337 e. The highest BCUT2D eigenvalue weighted by Gasteiger charge is 2.14. The summed E-state index contributed by atoms with van der Waals surface area (Å²) in [5.41, 5.74) is 11.4. The van der Waals surface area contributed by atoms with Gasteiger partial charge in [0.1, 0.15) is 0 Å². The predicted molar refractivity (Wildman–Crippen MR) is 81.6 cm³/mol. The molecule has 2 unspecified atom stereocenters. The Balaban J connectivity index is 0.000000384. The Kier molecular flexibility index (Phi) is 11.4. The van der Waals surface area contributed by atoms with E-state index in [2.05, 4.69) is 0 Å². The van der Waals surface area contributed by atoms with Crippen molar-refractivity contribution >= 4 is 5.97 Å². The molecule has 1 aromatic rings. The number of nitrogens with two attached hydrogens (primary N) is 2. The lowest BCUT2D eigenvalue weighted by molar-refractivity contribution is -0.146. The quantitative estimate of drug-likeness (QED) is 0.478. The molecule has 0 heterocycles. The van der Waals surface area contributed by atoms with Gasteiger partial charge in [-0.3, -0.25) is 0 Å². The molecule has 0 saturated carbocycles. The Morgan fingerprint density at radius 1 is 1.14 bits per heavy atom. The molecule has 0 saturated heterocycles. The Labute approximate surface area is 125 Å². The Bertz CT molecular complexity index is 365. The van der Waals surface area contributed by atoms with E-state index in [9.17, 15) is 4.79 Å². The summed E-state index contributed by atoms with van der Waals surface area (Å²) in [6, 6.07) is 8.49. The van der Waals surface area contributed by atoms with Gasteiger partial charge in [-0.25, -0.2) is 4.79 Å². The number of carbonyl (C=O) groups is 1. The summed E-state index contributed by atoms with van der Waals surface area (Å²) in [6.45, 7) is 0.961. The molecule has 0 amide bonds. The molecule has 0 fully saturated rings. The molecule has 0 aromatic heterocycles. The first kappa shape index (κ1) is 19.5. The summed E-state index contributed by atoms with van der Waals surface area (Å²) in [5.74, 6) is -1.23. The van der Waals surface area contributed by atoms with E-state index in [-0.39, 0.29) is 12.6 Å². The highest BCUT2D eigenvalue weighted by Crippen LogP contribution is 2.10. The van der Waals surface area contributed by atoms with Crippen LogP contribution in [-0.2, 0) is 4.79 Å². The van der Waals surface area contributed by atoms with Gasteiger partial charge in [0.25, 0.3) is 0 Å². The number of aliphatic carboxylic acids is 1. The monoisotopic (exact) mass is 298 g/mol. The van der Waals surface area contributed by atoms with Crippen LogP contribution >= 0.6 is 0 Å². The molecule has 1 rings (SSSR count). The van der Waals surface area contributed by atoms with Crippen molar-refractivity contribution in [2.45, 2.75) is 37.8 Å². The molecule has 6 heteroatoms. The number of aliphatic hydroxyl groups excluding tert-OH is 2. The average Bonchev–Trinajstić information content (AvgIpc) is 2.51.